The maximum atomic E-state index is 12.3. The Morgan fingerprint density at radius 3 is 2.15 bits per heavy atom. The number of amides is 3. The molecule has 0 saturated carbocycles. The van der Waals surface area contributed by atoms with Crippen molar-refractivity contribution in [3.63, 3.8) is 0 Å². The number of nitrogens with zero attached hydrogens (tertiary/aromatic N) is 1. The highest BCUT2D eigenvalue weighted by atomic mass is 79.9. The van der Waals surface area contributed by atoms with Gasteiger partial charge in [-0.2, -0.15) is 0 Å². The van der Waals surface area contributed by atoms with Crippen molar-refractivity contribution in [3.05, 3.63) is 63.6 Å². The molecule has 1 aliphatic rings. The molecule has 1 aliphatic heterocycles. The van der Waals surface area contributed by atoms with E-state index in [1.54, 1.807) is 24.3 Å². The Morgan fingerprint density at radius 1 is 1.04 bits per heavy atom. The first-order chi connectivity index (χ1) is 12.7. The lowest BCUT2D eigenvalue weighted by Crippen LogP contribution is -2.32. The molecular weight excluding hydrogens is 408 g/mol. The molecule has 3 amide bonds. The fourth-order valence-corrected chi connectivity index (χ4v) is 3.43. The molecule has 0 bridgehead atoms. The molecule has 1 heterocycles. The number of rotatable bonds is 4. The number of halogens is 1. The molecule has 6 heteroatoms. The molecule has 0 aliphatic carbocycles. The van der Waals surface area contributed by atoms with Gasteiger partial charge in [-0.25, -0.2) is 0 Å². The van der Waals surface area contributed by atoms with Crippen LogP contribution in [0.3, 0.4) is 0 Å². The summed E-state index contributed by atoms with van der Waals surface area (Å²) >= 11 is 3.49. The predicted octanol–water partition coefficient (Wildman–Crippen LogP) is 4.37. The molecule has 27 heavy (non-hydrogen) atoms. The summed E-state index contributed by atoms with van der Waals surface area (Å²) in [6, 6.07) is 12.5. The number of nitrogens with one attached hydrogen (secondary N) is 1. The Hall–Kier alpha value is -2.47. The van der Waals surface area contributed by atoms with Crippen LogP contribution in [-0.2, 0) is 10.2 Å². The van der Waals surface area contributed by atoms with Crippen molar-refractivity contribution >= 4 is 39.3 Å². The second-order valence-electron chi connectivity index (χ2n) is 7.55. The Bertz CT molecular complexity index is 896. The average Bonchev–Trinajstić information content (AvgIpc) is 2.85. The summed E-state index contributed by atoms with van der Waals surface area (Å²) in [5.74, 6) is -0.950. The van der Waals surface area contributed by atoms with Gasteiger partial charge in [-0.1, -0.05) is 39.0 Å². The molecule has 2 aromatic carbocycles. The molecule has 0 atom stereocenters. The third-order valence-electron chi connectivity index (χ3n) is 4.55. The van der Waals surface area contributed by atoms with E-state index in [2.05, 4.69) is 42.0 Å². The number of hydrogen-bond donors (Lipinski definition) is 1. The van der Waals surface area contributed by atoms with Gasteiger partial charge in [0.1, 0.15) is 0 Å². The topological polar surface area (TPSA) is 66.5 Å². The van der Waals surface area contributed by atoms with Crippen LogP contribution in [-0.4, -0.2) is 29.2 Å². The molecule has 0 fully saturated rings. The van der Waals surface area contributed by atoms with Crippen LogP contribution >= 0.6 is 15.9 Å². The first-order valence-electron chi connectivity index (χ1n) is 8.73. The number of hydrogen-bond acceptors (Lipinski definition) is 3. The van der Waals surface area contributed by atoms with E-state index in [9.17, 15) is 14.4 Å². The summed E-state index contributed by atoms with van der Waals surface area (Å²) in [7, 11) is 0. The van der Waals surface area contributed by atoms with Crippen molar-refractivity contribution < 1.29 is 14.4 Å². The Morgan fingerprint density at radius 2 is 1.63 bits per heavy atom. The van der Waals surface area contributed by atoms with Gasteiger partial charge >= 0.3 is 0 Å². The highest BCUT2D eigenvalue weighted by Crippen LogP contribution is 2.30. The van der Waals surface area contributed by atoms with Crippen molar-refractivity contribution in [1.29, 1.82) is 0 Å². The molecule has 0 aromatic heterocycles. The number of fused-ring (bicyclic) bond motifs is 1. The molecule has 0 spiro atoms. The molecule has 3 rings (SSSR count). The fourth-order valence-electron chi connectivity index (χ4n) is 2.95. The van der Waals surface area contributed by atoms with E-state index in [4.69, 9.17) is 0 Å². The van der Waals surface area contributed by atoms with Gasteiger partial charge in [-0.15, -0.1) is 0 Å². The molecule has 1 N–H and O–H groups in total. The number of benzene rings is 2. The summed E-state index contributed by atoms with van der Waals surface area (Å²) in [5.41, 5.74) is 2.61. The summed E-state index contributed by atoms with van der Waals surface area (Å²) in [6.07, 6.45) is 0.0406. The van der Waals surface area contributed by atoms with Crippen molar-refractivity contribution in [1.82, 2.24) is 4.90 Å². The molecule has 0 radical (unpaired) electrons. The van der Waals surface area contributed by atoms with Crippen LogP contribution in [0.5, 0.6) is 0 Å². The quantitative estimate of drug-likeness (QED) is 0.734. The zero-order valence-corrected chi connectivity index (χ0v) is 17.1. The SMILES string of the molecule is CC(C)(C)c1ccc(NC(=O)CCN2C(=O)c3ccccc3C2=O)c(Br)c1. The molecule has 0 unspecified atom stereocenters. The number of anilines is 1. The molecule has 2 aromatic rings. The smallest absolute Gasteiger partial charge is 0.261 e. The summed E-state index contributed by atoms with van der Waals surface area (Å²) < 4.78 is 0.795. The number of imide groups is 1. The highest BCUT2D eigenvalue weighted by molar-refractivity contribution is 9.10. The minimum absolute atomic E-state index is 0.0105. The Labute approximate surface area is 166 Å². The van der Waals surface area contributed by atoms with Gasteiger partial charge in [0.15, 0.2) is 0 Å². The molecular formula is C21H21BrN2O3. The third-order valence-corrected chi connectivity index (χ3v) is 5.21. The van der Waals surface area contributed by atoms with E-state index in [1.807, 2.05) is 18.2 Å². The summed E-state index contributed by atoms with van der Waals surface area (Å²) in [6.45, 7) is 6.41. The van der Waals surface area contributed by atoms with Gasteiger partial charge in [0.2, 0.25) is 5.91 Å². The van der Waals surface area contributed by atoms with Gasteiger partial charge in [0.05, 0.1) is 16.8 Å². The first kappa shape index (κ1) is 19.3. The van der Waals surface area contributed by atoms with Crippen molar-refractivity contribution in [2.45, 2.75) is 32.6 Å². The van der Waals surface area contributed by atoms with Gasteiger partial charge in [-0.05, 0) is 51.2 Å². The lowest BCUT2D eigenvalue weighted by molar-refractivity contribution is -0.116. The minimum atomic E-state index is -0.348. The van der Waals surface area contributed by atoms with Gasteiger partial charge in [0.25, 0.3) is 11.8 Å². The summed E-state index contributed by atoms with van der Waals surface area (Å²) in [4.78, 5) is 38.1. The maximum Gasteiger partial charge on any atom is 0.261 e. The van der Waals surface area contributed by atoms with Gasteiger partial charge in [0, 0.05) is 17.4 Å². The van der Waals surface area contributed by atoms with Crippen molar-refractivity contribution in [3.8, 4) is 0 Å². The van der Waals surface area contributed by atoms with Gasteiger partial charge < -0.3 is 5.32 Å². The Balaban J connectivity index is 1.63. The van der Waals surface area contributed by atoms with Crippen LogP contribution in [0.15, 0.2) is 46.9 Å². The van der Waals surface area contributed by atoms with Crippen LogP contribution < -0.4 is 5.32 Å². The van der Waals surface area contributed by atoms with Crippen LogP contribution in [0.2, 0.25) is 0 Å². The highest BCUT2D eigenvalue weighted by Gasteiger charge is 2.34. The number of carbonyl (C=O) groups is 3. The zero-order chi connectivity index (χ0) is 19.8. The van der Waals surface area contributed by atoms with E-state index in [0.29, 0.717) is 16.8 Å². The van der Waals surface area contributed by atoms with Crippen molar-refractivity contribution in [2.75, 3.05) is 11.9 Å². The van der Waals surface area contributed by atoms with Crippen LogP contribution in [0, 0.1) is 0 Å². The van der Waals surface area contributed by atoms with E-state index in [1.165, 1.54) is 0 Å². The van der Waals surface area contributed by atoms with Gasteiger partial charge in [-0.3, -0.25) is 19.3 Å². The maximum absolute atomic E-state index is 12.3. The average molecular weight is 429 g/mol. The molecule has 140 valence electrons. The summed E-state index contributed by atoms with van der Waals surface area (Å²) in [5, 5.41) is 2.83. The monoisotopic (exact) mass is 428 g/mol. The first-order valence-corrected chi connectivity index (χ1v) is 9.53. The van der Waals surface area contributed by atoms with E-state index < -0.39 is 0 Å². The van der Waals surface area contributed by atoms with Crippen LogP contribution in [0.25, 0.3) is 0 Å². The standard InChI is InChI=1S/C21H21BrN2O3/c1-21(2,3)13-8-9-17(16(22)12-13)23-18(25)10-11-24-19(26)14-6-4-5-7-15(14)20(24)27/h4-9,12H,10-11H2,1-3H3,(H,23,25). The van der Waals surface area contributed by atoms with Crippen LogP contribution in [0.4, 0.5) is 5.69 Å². The van der Waals surface area contributed by atoms with E-state index in [0.717, 1.165) is 14.9 Å². The van der Waals surface area contributed by atoms with Crippen molar-refractivity contribution in [2.24, 2.45) is 0 Å². The second kappa shape index (κ2) is 7.27. The lowest BCUT2D eigenvalue weighted by atomic mass is 9.87. The zero-order valence-electron chi connectivity index (χ0n) is 15.5. The molecule has 0 saturated heterocycles. The third kappa shape index (κ3) is 3.95. The van der Waals surface area contributed by atoms with E-state index >= 15 is 0 Å². The fraction of sp³-hybridized carbons (Fsp3) is 0.286. The lowest BCUT2D eigenvalue weighted by Gasteiger charge is -2.20. The number of carbonyl (C=O) groups excluding carboxylic acids is 3. The normalized spacial score (nSPS) is 13.7. The largest absolute Gasteiger partial charge is 0.325 e. The molecule has 5 nitrogen and oxygen atoms in total. The van der Waals surface area contributed by atoms with E-state index in [-0.39, 0.29) is 36.1 Å². The predicted molar refractivity (Wildman–Crippen MR) is 108 cm³/mol. The second-order valence-corrected chi connectivity index (χ2v) is 8.40. The Kier molecular flexibility index (Phi) is 5.20. The van der Waals surface area contributed by atoms with Crippen LogP contribution in [0.1, 0.15) is 53.5 Å². The minimum Gasteiger partial charge on any atom is -0.325 e.